The Balaban J connectivity index is 3.48. The SMILES string of the molecule is CC(=O)c1cc(Cl)c(C=O)cc1C#N. The fraction of sp³-hybridized carbons (Fsp3) is 0.100. The van der Waals surface area contributed by atoms with Gasteiger partial charge in [-0.05, 0) is 19.1 Å². The highest BCUT2D eigenvalue weighted by molar-refractivity contribution is 6.33. The van der Waals surface area contributed by atoms with Gasteiger partial charge in [-0.1, -0.05) is 11.6 Å². The molecule has 0 heterocycles. The minimum atomic E-state index is -0.249. The van der Waals surface area contributed by atoms with Crippen LogP contribution in [-0.2, 0) is 0 Å². The predicted octanol–water partition coefficient (Wildman–Crippen LogP) is 2.23. The van der Waals surface area contributed by atoms with Crippen LogP contribution in [0.15, 0.2) is 12.1 Å². The molecule has 0 saturated heterocycles. The number of benzene rings is 1. The zero-order valence-electron chi connectivity index (χ0n) is 7.37. The van der Waals surface area contributed by atoms with Crippen molar-refractivity contribution in [1.29, 1.82) is 5.26 Å². The zero-order chi connectivity index (χ0) is 10.7. The van der Waals surface area contributed by atoms with Crippen LogP contribution < -0.4 is 0 Å². The summed E-state index contributed by atoms with van der Waals surface area (Å²) in [4.78, 5) is 21.6. The Morgan fingerprint density at radius 3 is 2.64 bits per heavy atom. The third kappa shape index (κ3) is 1.81. The van der Waals surface area contributed by atoms with Crippen LogP contribution in [-0.4, -0.2) is 12.1 Å². The first kappa shape index (κ1) is 10.4. The van der Waals surface area contributed by atoms with Crippen molar-refractivity contribution in [3.05, 3.63) is 33.8 Å². The maximum atomic E-state index is 11.1. The molecule has 0 unspecified atom stereocenters. The molecule has 0 saturated carbocycles. The molecule has 4 heteroatoms. The summed E-state index contributed by atoms with van der Waals surface area (Å²) >= 11 is 5.71. The molecular formula is C10H6ClNO2. The van der Waals surface area contributed by atoms with Crippen molar-refractivity contribution in [2.24, 2.45) is 0 Å². The van der Waals surface area contributed by atoms with Crippen LogP contribution in [0.2, 0.25) is 5.02 Å². The quantitative estimate of drug-likeness (QED) is 0.552. The first-order valence-corrected chi connectivity index (χ1v) is 4.17. The standard InChI is InChI=1S/C10H6ClNO2/c1-6(14)9-3-10(11)8(5-13)2-7(9)4-12/h2-3,5H,1H3. The Kier molecular flexibility index (Phi) is 3.00. The molecule has 0 aliphatic heterocycles. The van der Waals surface area contributed by atoms with Crippen LogP contribution in [0, 0.1) is 11.3 Å². The lowest BCUT2D eigenvalue weighted by Gasteiger charge is -2.02. The van der Waals surface area contributed by atoms with Gasteiger partial charge in [-0.25, -0.2) is 0 Å². The maximum absolute atomic E-state index is 11.1. The average molecular weight is 208 g/mol. The van der Waals surface area contributed by atoms with Crippen molar-refractivity contribution in [3.8, 4) is 6.07 Å². The van der Waals surface area contributed by atoms with Gasteiger partial charge in [0.05, 0.1) is 16.7 Å². The number of nitrogens with zero attached hydrogens (tertiary/aromatic N) is 1. The maximum Gasteiger partial charge on any atom is 0.161 e. The molecular weight excluding hydrogens is 202 g/mol. The number of aldehydes is 1. The molecule has 0 radical (unpaired) electrons. The van der Waals surface area contributed by atoms with Gasteiger partial charge in [0.1, 0.15) is 0 Å². The Morgan fingerprint density at radius 1 is 1.57 bits per heavy atom. The van der Waals surface area contributed by atoms with E-state index in [4.69, 9.17) is 16.9 Å². The van der Waals surface area contributed by atoms with E-state index in [0.29, 0.717) is 6.29 Å². The van der Waals surface area contributed by atoms with Gasteiger partial charge in [-0.3, -0.25) is 9.59 Å². The summed E-state index contributed by atoms with van der Waals surface area (Å²) in [7, 11) is 0. The fourth-order valence-corrected chi connectivity index (χ4v) is 1.27. The third-order valence-corrected chi connectivity index (χ3v) is 2.09. The topological polar surface area (TPSA) is 57.9 Å². The highest BCUT2D eigenvalue weighted by Gasteiger charge is 2.11. The largest absolute Gasteiger partial charge is 0.298 e. The number of Topliss-reactive ketones (excluding diaryl/α,β-unsaturated/α-hetero) is 1. The lowest BCUT2D eigenvalue weighted by atomic mass is 10.0. The Hall–Kier alpha value is -1.66. The Morgan fingerprint density at radius 2 is 2.21 bits per heavy atom. The van der Waals surface area contributed by atoms with Crippen LogP contribution in [0.25, 0.3) is 0 Å². The van der Waals surface area contributed by atoms with Crippen molar-refractivity contribution in [2.75, 3.05) is 0 Å². The second-order valence-corrected chi connectivity index (χ2v) is 3.11. The number of nitriles is 1. The van der Waals surface area contributed by atoms with Crippen LogP contribution >= 0.6 is 11.6 Å². The van der Waals surface area contributed by atoms with E-state index in [1.54, 1.807) is 0 Å². The van der Waals surface area contributed by atoms with E-state index in [1.165, 1.54) is 19.1 Å². The average Bonchev–Trinajstić information content (AvgIpc) is 2.17. The number of hydrogen-bond donors (Lipinski definition) is 0. The van der Waals surface area contributed by atoms with Crippen LogP contribution in [0.1, 0.15) is 33.2 Å². The Labute approximate surface area is 85.9 Å². The second-order valence-electron chi connectivity index (χ2n) is 2.71. The van der Waals surface area contributed by atoms with Gasteiger partial charge in [0.2, 0.25) is 0 Å². The highest BCUT2D eigenvalue weighted by atomic mass is 35.5. The van der Waals surface area contributed by atoms with Crippen LogP contribution in [0.3, 0.4) is 0 Å². The van der Waals surface area contributed by atoms with Crippen LogP contribution in [0.5, 0.6) is 0 Å². The number of halogens is 1. The first-order valence-electron chi connectivity index (χ1n) is 3.80. The predicted molar refractivity (Wildman–Crippen MR) is 51.6 cm³/mol. The Bertz CT molecular complexity index is 446. The van der Waals surface area contributed by atoms with Crippen LogP contribution in [0.4, 0.5) is 0 Å². The lowest BCUT2D eigenvalue weighted by molar-refractivity contribution is 0.101. The number of hydrogen-bond acceptors (Lipinski definition) is 3. The first-order chi connectivity index (χ1) is 6.60. The van der Waals surface area contributed by atoms with E-state index in [0.717, 1.165) is 0 Å². The summed E-state index contributed by atoms with van der Waals surface area (Å²) in [6.45, 7) is 1.34. The molecule has 0 N–H and O–H groups in total. The van der Waals surface area contributed by atoms with Crippen molar-refractivity contribution in [3.63, 3.8) is 0 Å². The molecule has 0 aliphatic rings. The molecule has 0 bridgehead atoms. The molecule has 1 aromatic rings. The van der Waals surface area contributed by atoms with Crippen molar-refractivity contribution in [2.45, 2.75) is 6.92 Å². The van der Waals surface area contributed by atoms with Gasteiger partial charge < -0.3 is 0 Å². The summed E-state index contributed by atoms with van der Waals surface area (Å²) in [6, 6.07) is 4.49. The van der Waals surface area contributed by atoms with E-state index in [9.17, 15) is 9.59 Å². The van der Waals surface area contributed by atoms with E-state index < -0.39 is 0 Å². The van der Waals surface area contributed by atoms with Crippen molar-refractivity contribution >= 4 is 23.7 Å². The fourth-order valence-electron chi connectivity index (χ4n) is 1.06. The highest BCUT2D eigenvalue weighted by Crippen LogP contribution is 2.20. The smallest absolute Gasteiger partial charge is 0.161 e. The number of rotatable bonds is 2. The molecule has 3 nitrogen and oxygen atoms in total. The molecule has 0 spiro atoms. The summed E-state index contributed by atoms with van der Waals surface area (Å²) in [5.74, 6) is -0.249. The van der Waals surface area contributed by atoms with E-state index >= 15 is 0 Å². The van der Waals surface area contributed by atoms with Gasteiger partial charge in [-0.15, -0.1) is 0 Å². The van der Waals surface area contributed by atoms with E-state index in [1.807, 2.05) is 6.07 Å². The summed E-state index contributed by atoms with van der Waals surface area (Å²) < 4.78 is 0. The second kappa shape index (κ2) is 4.03. The monoisotopic (exact) mass is 207 g/mol. The molecule has 0 aromatic heterocycles. The lowest BCUT2D eigenvalue weighted by Crippen LogP contribution is -1.98. The molecule has 14 heavy (non-hydrogen) atoms. The van der Waals surface area contributed by atoms with Gasteiger partial charge in [-0.2, -0.15) is 5.26 Å². The van der Waals surface area contributed by atoms with E-state index in [2.05, 4.69) is 0 Å². The summed E-state index contributed by atoms with van der Waals surface area (Å²) in [5.41, 5.74) is 0.625. The number of carbonyl (C=O) groups excluding carboxylic acids is 2. The normalized spacial score (nSPS) is 9.21. The van der Waals surface area contributed by atoms with Gasteiger partial charge in [0.15, 0.2) is 12.1 Å². The minimum absolute atomic E-state index is 0.170. The zero-order valence-corrected chi connectivity index (χ0v) is 8.13. The molecule has 70 valence electrons. The molecule has 0 aliphatic carbocycles. The van der Waals surface area contributed by atoms with Gasteiger partial charge >= 0.3 is 0 Å². The summed E-state index contributed by atoms with van der Waals surface area (Å²) in [6.07, 6.45) is 0.549. The van der Waals surface area contributed by atoms with Gasteiger partial charge in [0, 0.05) is 11.1 Å². The molecule has 1 aromatic carbocycles. The molecule has 0 amide bonds. The van der Waals surface area contributed by atoms with Gasteiger partial charge in [0.25, 0.3) is 0 Å². The number of ketones is 1. The van der Waals surface area contributed by atoms with Crippen molar-refractivity contribution < 1.29 is 9.59 Å². The van der Waals surface area contributed by atoms with Crippen molar-refractivity contribution in [1.82, 2.24) is 0 Å². The minimum Gasteiger partial charge on any atom is -0.298 e. The summed E-state index contributed by atoms with van der Waals surface area (Å²) in [5, 5.41) is 8.90. The number of carbonyl (C=O) groups is 2. The molecule has 1 rings (SSSR count). The van der Waals surface area contributed by atoms with E-state index in [-0.39, 0.29) is 27.5 Å². The third-order valence-electron chi connectivity index (χ3n) is 1.76. The molecule has 0 fully saturated rings. The molecule has 0 atom stereocenters.